The van der Waals surface area contributed by atoms with E-state index in [1.54, 1.807) is 30.3 Å². The summed E-state index contributed by atoms with van der Waals surface area (Å²) in [6.45, 7) is 0. The van der Waals surface area contributed by atoms with Crippen molar-refractivity contribution in [3.05, 3.63) is 47.5 Å². The minimum atomic E-state index is -0.422. The minimum absolute atomic E-state index is 0.0277. The summed E-state index contributed by atoms with van der Waals surface area (Å²) in [5.41, 5.74) is 3.16. The lowest BCUT2D eigenvalue weighted by Crippen LogP contribution is -2.17. The number of phenolic OH excluding ortho intramolecular Hbond substituents is 1. The van der Waals surface area contributed by atoms with Crippen LogP contribution in [0.25, 0.3) is 0 Å². The molecule has 0 heterocycles. The summed E-state index contributed by atoms with van der Waals surface area (Å²) in [7, 11) is 4.53. The molecule has 7 heteroatoms. The van der Waals surface area contributed by atoms with Crippen LogP contribution >= 0.6 is 0 Å². The Bertz CT molecular complexity index is 759. The molecule has 0 bridgehead atoms. The first kappa shape index (κ1) is 17.1. The van der Waals surface area contributed by atoms with Crippen molar-refractivity contribution in [1.29, 1.82) is 0 Å². The molecular formula is C17H18N2O5. The van der Waals surface area contributed by atoms with Gasteiger partial charge in [-0.05, 0) is 36.4 Å². The van der Waals surface area contributed by atoms with Crippen molar-refractivity contribution in [2.24, 2.45) is 5.10 Å². The molecule has 0 aliphatic rings. The molecule has 0 atom stereocenters. The van der Waals surface area contributed by atoms with Crippen molar-refractivity contribution in [1.82, 2.24) is 5.43 Å². The molecule has 2 aromatic rings. The average molecular weight is 330 g/mol. The Morgan fingerprint density at radius 2 is 1.79 bits per heavy atom. The number of ether oxygens (including phenoxy) is 3. The molecule has 2 rings (SSSR count). The monoisotopic (exact) mass is 330 g/mol. The largest absolute Gasteiger partial charge is 0.507 e. The molecule has 2 N–H and O–H groups in total. The number of aromatic hydroxyl groups is 1. The second kappa shape index (κ2) is 7.87. The molecule has 7 nitrogen and oxygen atoms in total. The van der Waals surface area contributed by atoms with Gasteiger partial charge < -0.3 is 19.3 Å². The van der Waals surface area contributed by atoms with E-state index in [2.05, 4.69) is 10.5 Å². The van der Waals surface area contributed by atoms with Crippen molar-refractivity contribution in [2.75, 3.05) is 21.3 Å². The zero-order valence-corrected chi connectivity index (χ0v) is 13.6. The van der Waals surface area contributed by atoms with Gasteiger partial charge in [-0.15, -0.1) is 0 Å². The Balaban J connectivity index is 2.10. The average Bonchev–Trinajstić information content (AvgIpc) is 2.62. The van der Waals surface area contributed by atoms with Crippen LogP contribution in [0.15, 0.2) is 41.5 Å². The fraction of sp³-hybridized carbons (Fsp3) is 0.176. The topological polar surface area (TPSA) is 89.4 Å². The molecular weight excluding hydrogens is 312 g/mol. The van der Waals surface area contributed by atoms with Gasteiger partial charge in [0, 0.05) is 11.1 Å². The van der Waals surface area contributed by atoms with E-state index in [-0.39, 0.29) is 5.75 Å². The van der Waals surface area contributed by atoms with Gasteiger partial charge in [0.2, 0.25) is 0 Å². The summed E-state index contributed by atoms with van der Waals surface area (Å²) in [6, 6.07) is 9.47. The summed E-state index contributed by atoms with van der Waals surface area (Å²) in [4.78, 5) is 12.1. The molecule has 126 valence electrons. The van der Waals surface area contributed by atoms with Crippen LogP contribution in [0.4, 0.5) is 0 Å². The number of carbonyl (C=O) groups excluding carboxylic acids is 1. The molecule has 0 saturated carbocycles. The highest BCUT2D eigenvalue weighted by Gasteiger charge is 2.10. The maximum Gasteiger partial charge on any atom is 0.271 e. The molecule has 0 radical (unpaired) electrons. The Morgan fingerprint density at radius 1 is 1.04 bits per heavy atom. The van der Waals surface area contributed by atoms with Crippen LogP contribution < -0.4 is 19.6 Å². The van der Waals surface area contributed by atoms with Crippen LogP contribution in [0.3, 0.4) is 0 Å². The Labute approximate surface area is 139 Å². The van der Waals surface area contributed by atoms with Crippen LogP contribution in [-0.4, -0.2) is 38.6 Å². The van der Waals surface area contributed by atoms with Crippen molar-refractivity contribution < 1.29 is 24.1 Å². The number of nitrogens with zero attached hydrogens (tertiary/aromatic N) is 1. The highest BCUT2D eigenvalue weighted by atomic mass is 16.5. The third kappa shape index (κ3) is 3.95. The van der Waals surface area contributed by atoms with Crippen LogP contribution in [0, 0.1) is 0 Å². The van der Waals surface area contributed by atoms with Gasteiger partial charge in [0.25, 0.3) is 5.91 Å². The zero-order chi connectivity index (χ0) is 17.5. The highest BCUT2D eigenvalue weighted by Crippen LogP contribution is 2.27. The van der Waals surface area contributed by atoms with Gasteiger partial charge in [0.05, 0.1) is 27.5 Å². The van der Waals surface area contributed by atoms with Crippen LogP contribution in [-0.2, 0) is 0 Å². The first-order chi connectivity index (χ1) is 11.6. The molecule has 1 amide bonds. The first-order valence-corrected chi connectivity index (χ1v) is 7.01. The van der Waals surface area contributed by atoms with Gasteiger partial charge in [-0.25, -0.2) is 5.43 Å². The van der Waals surface area contributed by atoms with Gasteiger partial charge in [-0.1, -0.05) is 0 Å². The van der Waals surface area contributed by atoms with Crippen molar-refractivity contribution in [3.8, 4) is 23.0 Å². The lowest BCUT2D eigenvalue weighted by molar-refractivity contribution is 0.0954. The number of hydrogen-bond acceptors (Lipinski definition) is 6. The van der Waals surface area contributed by atoms with E-state index in [1.807, 2.05) is 0 Å². The molecule has 0 aliphatic carbocycles. The quantitative estimate of drug-likeness (QED) is 0.626. The molecule has 2 aromatic carbocycles. The van der Waals surface area contributed by atoms with Crippen molar-refractivity contribution >= 4 is 12.1 Å². The van der Waals surface area contributed by atoms with E-state index in [9.17, 15) is 9.90 Å². The fourth-order valence-corrected chi connectivity index (χ4v) is 1.97. The first-order valence-electron chi connectivity index (χ1n) is 7.01. The number of benzene rings is 2. The second-order valence-electron chi connectivity index (χ2n) is 4.69. The maximum atomic E-state index is 12.1. The zero-order valence-electron chi connectivity index (χ0n) is 13.6. The Kier molecular flexibility index (Phi) is 5.62. The molecule has 0 aliphatic heterocycles. The Morgan fingerprint density at radius 3 is 2.46 bits per heavy atom. The minimum Gasteiger partial charge on any atom is -0.507 e. The number of methoxy groups -OCH3 is 3. The molecule has 0 spiro atoms. The molecule has 0 fully saturated rings. The maximum absolute atomic E-state index is 12.1. The van der Waals surface area contributed by atoms with E-state index in [4.69, 9.17) is 14.2 Å². The third-order valence-electron chi connectivity index (χ3n) is 3.25. The summed E-state index contributed by atoms with van der Waals surface area (Å²) in [5.74, 6) is 1.15. The third-order valence-corrected chi connectivity index (χ3v) is 3.25. The number of phenols is 1. The predicted octanol–water partition coefficient (Wildman–Crippen LogP) is 2.18. The van der Waals surface area contributed by atoms with E-state index in [0.717, 1.165) is 0 Å². The molecule has 0 saturated heterocycles. The lowest BCUT2D eigenvalue weighted by atomic mass is 10.2. The van der Waals surface area contributed by atoms with Crippen molar-refractivity contribution in [2.45, 2.75) is 0 Å². The Hall–Kier alpha value is -3.22. The summed E-state index contributed by atoms with van der Waals surface area (Å²) in [5, 5.41) is 13.6. The predicted molar refractivity (Wildman–Crippen MR) is 89.3 cm³/mol. The number of rotatable bonds is 6. The molecule has 0 aromatic heterocycles. The summed E-state index contributed by atoms with van der Waals surface area (Å²) in [6.07, 6.45) is 1.33. The lowest BCUT2D eigenvalue weighted by Gasteiger charge is -2.08. The second-order valence-corrected chi connectivity index (χ2v) is 4.69. The van der Waals surface area contributed by atoms with Gasteiger partial charge in [-0.3, -0.25) is 4.79 Å². The number of carbonyl (C=O) groups is 1. The SMILES string of the molecule is COc1ccc(O)c(C=NNC(=O)c2ccc(OC)c(OC)c2)c1. The smallest absolute Gasteiger partial charge is 0.271 e. The van der Waals surface area contributed by atoms with E-state index in [0.29, 0.717) is 28.4 Å². The van der Waals surface area contributed by atoms with Gasteiger partial charge in [0.15, 0.2) is 11.5 Å². The van der Waals surface area contributed by atoms with Crippen LogP contribution in [0.1, 0.15) is 15.9 Å². The van der Waals surface area contributed by atoms with Crippen molar-refractivity contribution in [3.63, 3.8) is 0 Å². The van der Waals surface area contributed by atoms with Gasteiger partial charge in [-0.2, -0.15) is 5.10 Å². The fourth-order valence-electron chi connectivity index (χ4n) is 1.97. The van der Waals surface area contributed by atoms with Gasteiger partial charge >= 0.3 is 0 Å². The molecule has 24 heavy (non-hydrogen) atoms. The number of amides is 1. The normalized spacial score (nSPS) is 10.5. The number of hydrogen-bond donors (Lipinski definition) is 2. The van der Waals surface area contributed by atoms with Crippen LogP contribution in [0.2, 0.25) is 0 Å². The van der Waals surface area contributed by atoms with Crippen LogP contribution in [0.5, 0.6) is 23.0 Å². The van der Waals surface area contributed by atoms with E-state index < -0.39 is 5.91 Å². The van der Waals surface area contributed by atoms with Gasteiger partial charge in [0.1, 0.15) is 11.5 Å². The molecule has 0 unspecified atom stereocenters. The summed E-state index contributed by atoms with van der Waals surface area (Å²) >= 11 is 0. The van der Waals surface area contributed by atoms with E-state index >= 15 is 0 Å². The van der Waals surface area contributed by atoms with E-state index in [1.165, 1.54) is 33.6 Å². The number of hydrazone groups is 1. The highest BCUT2D eigenvalue weighted by molar-refractivity contribution is 5.95. The number of nitrogens with one attached hydrogen (secondary N) is 1. The summed E-state index contributed by atoms with van der Waals surface area (Å²) < 4.78 is 15.3. The standard InChI is InChI=1S/C17H18N2O5/c1-22-13-5-6-14(20)12(8-13)10-18-19-17(21)11-4-7-15(23-2)16(9-11)24-3/h4-10,20H,1-3H3,(H,19,21).